The molecule has 1 saturated heterocycles. The van der Waals surface area contributed by atoms with Crippen LogP contribution in [0.4, 0.5) is 5.82 Å². The predicted molar refractivity (Wildman–Crippen MR) is 80.6 cm³/mol. The van der Waals surface area contributed by atoms with E-state index in [2.05, 4.69) is 11.4 Å². The molecule has 0 amide bonds. The van der Waals surface area contributed by atoms with Crippen LogP contribution in [-0.4, -0.2) is 39.0 Å². The third kappa shape index (κ3) is 3.05. The molecular formula is C16H24N2O3. The first-order valence-electron chi connectivity index (χ1n) is 7.74. The highest BCUT2D eigenvalue weighted by Crippen LogP contribution is 2.36. The number of ether oxygens (including phenoxy) is 3. The number of hydrogen-bond acceptors (Lipinski definition) is 5. The number of hydrogen-bond donors (Lipinski definition) is 1. The van der Waals surface area contributed by atoms with Crippen molar-refractivity contribution in [1.29, 1.82) is 0 Å². The Morgan fingerprint density at radius 3 is 2.76 bits per heavy atom. The third-order valence-electron chi connectivity index (χ3n) is 4.39. The van der Waals surface area contributed by atoms with Gasteiger partial charge in [0.05, 0.1) is 0 Å². The molecule has 1 N–H and O–H groups in total. The van der Waals surface area contributed by atoms with Gasteiger partial charge in [0.15, 0.2) is 0 Å². The summed E-state index contributed by atoms with van der Waals surface area (Å²) in [7, 11) is 3.33. The number of aromatic nitrogens is 1. The Morgan fingerprint density at radius 1 is 1.29 bits per heavy atom. The molecule has 5 nitrogen and oxygen atoms in total. The van der Waals surface area contributed by atoms with Crippen LogP contribution in [0.15, 0.2) is 6.07 Å². The van der Waals surface area contributed by atoms with Gasteiger partial charge in [-0.3, -0.25) is 0 Å². The van der Waals surface area contributed by atoms with Gasteiger partial charge in [-0.2, -0.15) is 0 Å². The van der Waals surface area contributed by atoms with Gasteiger partial charge in [0.1, 0.15) is 11.5 Å². The quantitative estimate of drug-likeness (QED) is 0.865. The average Bonchev–Trinajstić information content (AvgIpc) is 2.56. The van der Waals surface area contributed by atoms with Crippen LogP contribution in [0.5, 0.6) is 0 Å². The SMILES string of the molecule is COC(OC)c1nc2c(cc1C1CCOCC1)CCCN2. The zero-order valence-electron chi connectivity index (χ0n) is 12.9. The Balaban J connectivity index is 2.01. The predicted octanol–water partition coefficient (Wildman–Crippen LogP) is 2.63. The molecule has 0 atom stereocenters. The first-order valence-corrected chi connectivity index (χ1v) is 7.74. The molecule has 0 spiro atoms. The van der Waals surface area contributed by atoms with Crippen LogP contribution >= 0.6 is 0 Å². The van der Waals surface area contributed by atoms with E-state index >= 15 is 0 Å². The minimum absolute atomic E-state index is 0.406. The van der Waals surface area contributed by atoms with Crippen molar-refractivity contribution in [2.45, 2.75) is 37.9 Å². The van der Waals surface area contributed by atoms with E-state index in [1.807, 2.05) is 0 Å². The molecule has 3 rings (SSSR count). The highest BCUT2D eigenvalue weighted by atomic mass is 16.7. The zero-order valence-corrected chi connectivity index (χ0v) is 12.9. The maximum Gasteiger partial charge on any atom is 0.200 e. The van der Waals surface area contributed by atoms with Gasteiger partial charge in [0, 0.05) is 34.0 Å². The maximum atomic E-state index is 5.49. The smallest absolute Gasteiger partial charge is 0.200 e. The van der Waals surface area contributed by atoms with Crippen LogP contribution in [0.1, 0.15) is 48.3 Å². The molecule has 21 heavy (non-hydrogen) atoms. The van der Waals surface area contributed by atoms with Gasteiger partial charge >= 0.3 is 0 Å². The summed E-state index contributed by atoms with van der Waals surface area (Å²) in [6.07, 6.45) is 3.94. The van der Waals surface area contributed by atoms with E-state index in [-0.39, 0.29) is 0 Å². The summed E-state index contributed by atoms with van der Waals surface area (Å²) in [4.78, 5) is 4.83. The summed E-state index contributed by atoms with van der Waals surface area (Å²) in [6, 6.07) is 2.31. The van der Waals surface area contributed by atoms with E-state index in [0.717, 1.165) is 50.5 Å². The van der Waals surface area contributed by atoms with Crippen molar-refractivity contribution in [3.8, 4) is 0 Å². The van der Waals surface area contributed by atoms with E-state index in [0.29, 0.717) is 5.92 Å². The Hall–Kier alpha value is -1.17. The second-order valence-corrected chi connectivity index (χ2v) is 5.69. The fourth-order valence-electron chi connectivity index (χ4n) is 3.26. The van der Waals surface area contributed by atoms with Crippen LogP contribution < -0.4 is 5.32 Å². The van der Waals surface area contributed by atoms with Crippen molar-refractivity contribution in [3.05, 3.63) is 22.9 Å². The number of pyridine rings is 1. The lowest BCUT2D eigenvalue weighted by atomic mass is 9.88. The molecule has 5 heteroatoms. The molecule has 1 aromatic rings. The molecule has 0 radical (unpaired) electrons. The lowest BCUT2D eigenvalue weighted by molar-refractivity contribution is -0.109. The molecule has 1 aromatic heterocycles. The number of methoxy groups -OCH3 is 2. The van der Waals surface area contributed by atoms with E-state index in [1.54, 1.807) is 14.2 Å². The fraction of sp³-hybridized carbons (Fsp3) is 0.688. The van der Waals surface area contributed by atoms with Crippen LogP contribution in [0.3, 0.4) is 0 Å². The van der Waals surface area contributed by atoms with Crippen LogP contribution in [0.25, 0.3) is 0 Å². The van der Waals surface area contributed by atoms with Gasteiger partial charge in [-0.05, 0) is 48.8 Å². The first-order chi connectivity index (χ1) is 10.3. The third-order valence-corrected chi connectivity index (χ3v) is 4.39. The topological polar surface area (TPSA) is 52.6 Å². The molecule has 0 bridgehead atoms. The van der Waals surface area contributed by atoms with Crippen molar-refractivity contribution < 1.29 is 14.2 Å². The van der Waals surface area contributed by atoms with E-state index in [1.165, 1.54) is 17.5 Å². The van der Waals surface area contributed by atoms with Gasteiger partial charge in [-0.25, -0.2) is 4.98 Å². The molecule has 2 aliphatic rings. The van der Waals surface area contributed by atoms with Crippen LogP contribution in [0, 0.1) is 0 Å². The number of rotatable bonds is 4. The summed E-state index contributed by atoms with van der Waals surface area (Å²) in [5.74, 6) is 1.48. The Morgan fingerprint density at radius 2 is 2.05 bits per heavy atom. The highest BCUT2D eigenvalue weighted by Gasteiger charge is 2.26. The number of aryl methyl sites for hydroxylation is 1. The van der Waals surface area contributed by atoms with Gasteiger partial charge in [-0.15, -0.1) is 0 Å². The van der Waals surface area contributed by atoms with Crippen molar-refractivity contribution in [2.24, 2.45) is 0 Å². The fourth-order valence-corrected chi connectivity index (χ4v) is 3.26. The van der Waals surface area contributed by atoms with E-state index < -0.39 is 6.29 Å². The number of fused-ring (bicyclic) bond motifs is 1. The molecule has 116 valence electrons. The molecule has 3 heterocycles. The van der Waals surface area contributed by atoms with Gasteiger partial charge in [0.25, 0.3) is 0 Å². The first kappa shape index (κ1) is 14.8. The van der Waals surface area contributed by atoms with Crippen LogP contribution in [0.2, 0.25) is 0 Å². The molecule has 1 fully saturated rings. The van der Waals surface area contributed by atoms with Crippen molar-refractivity contribution in [3.63, 3.8) is 0 Å². The molecule has 0 aliphatic carbocycles. The summed E-state index contributed by atoms with van der Waals surface area (Å²) < 4.78 is 16.4. The lowest BCUT2D eigenvalue weighted by Gasteiger charge is -2.28. The molecular weight excluding hydrogens is 268 g/mol. The van der Waals surface area contributed by atoms with Gasteiger partial charge < -0.3 is 19.5 Å². The van der Waals surface area contributed by atoms with Crippen molar-refractivity contribution in [2.75, 3.05) is 39.3 Å². The van der Waals surface area contributed by atoms with E-state index in [4.69, 9.17) is 19.2 Å². The Kier molecular flexibility index (Phi) is 4.73. The van der Waals surface area contributed by atoms with Crippen molar-refractivity contribution >= 4 is 5.82 Å². The summed E-state index contributed by atoms with van der Waals surface area (Å²) in [5, 5.41) is 3.39. The minimum Gasteiger partial charge on any atom is -0.381 e. The van der Waals surface area contributed by atoms with Crippen molar-refractivity contribution in [1.82, 2.24) is 4.98 Å². The largest absolute Gasteiger partial charge is 0.381 e. The van der Waals surface area contributed by atoms with Crippen LogP contribution in [-0.2, 0) is 20.6 Å². The maximum absolute atomic E-state index is 5.49. The van der Waals surface area contributed by atoms with Gasteiger partial charge in [0.2, 0.25) is 6.29 Å². The number of nitrogens with zero attached hydrogens (tertiary/aromatic N) is 1. The highest BCUT2D eigenvalue weighted by molar-refractivity contribution is 5.50. The summed E-state index contributed by atoms with van der Waals surface area (Å²) in [5.41, 5.74) is 3.51. The van der Waals surface area contributed by atoms with Gasteiger partial charge in [-0.1, -0.05) is 0 Å². The summed E-state index contributed by atoms with van der Waals surface area (Å²) in [6.45, 7) is 2.63. The molecule has 0 saturated carbocycles. The normalized spacial score (nSPS) is 19.4. The van der Waals surface area contributed by atoms with E-state index in [9.17, 15) is 0 Å². The second kappa shape index (κ2) is 6.73. The monoisotopic (exact) mass is 292 g/mol. The summed E-state index contributed by atoms with van der Waals surface area (Å²) >= 11 is 0. The molecule has 0 unspecified atom stereocenters. The average molecular weight is 292 g/mol. The standard InChI is InChI=1S/C16H24N2O3/c1-19-16(20-2)14-13(11-5-8-21-9-6-11)10-12-4-3-7-17-15(12)18-14/h10-11,16H,3-9H2,1-2H3,(H,17,18). The molecule has 0 aromatic carbocycles. The number of nitrogens with one attached hydrogen (secondary N) is 1. The second-order valence-electron chi connectivity index (χ2n) is 5.69. The molecule has 2 aliphatic heterocycles. The Bertz CT molecular complexity index is 483. The Labute approximate surface area is 126 Å². The zero-order chi connectivity index (χ0) is 14.7. The minimum atomic E-state index is -0.406. The lowest BCUT2D eigenvalue weighted by Crippen LogP contribution is -2.21. The number of anilines is 1.